The van der Waals surface area contributed by atoms with Crippen molar-refractivity contribution in [1.82, 2.24) is 0 Å². The third-order valence-electron chi connectivity index (χ3n) is 2.79. The highest BCUT2D eigenvalue weighted by Crippen LogP contribution is 2.30. The lowest BCUT2D eigenvalue weighted by molar-refractivity contribution is 0.0164. The molecule has 0 bridgehead atoms. The number of rotatable bonds is 4. The summed E-state index contributed by atoms with van der Waals surface area (Å²) in [6, 6.07) is 4.49. The molecular formula is C12H11BrO5. The molecule has 0 spiro atoms. The van der Waals surface area contributed by atoms with Crippen LogP contribution in [-0.4, -0.2) is 33.6 Å². The second-order valence-corrected chi connectivity index (χ2v) is 4.73. The lowest BCUT2D eigenvalue weighted by Gasteiger charge is -2.18. The molecule has 1 aromatic rings. The van der Waals surface area contributed by atoms with Crippen molar-refractivity contribution in [3.8, 4) is 0 Å². The van der Waals surface area contributed by atoms with Crippen molar-refractivity contribution in [3.05, 3.63) is 34.9 Å². The fraction of sp³-hybridized carbons (Fsp3) is 0.333. The van der Waals surface area contributed by atoms with Crippen molar-refractivity contribution in [2.75, 3.05) is 5.33 Å². The number of esters is 2. The van der Waals surface area contributed by atoms with Crippen LogP contribution in [0.3, 0.4) is 0 Å². The normalized spacial score (nSPS) is 17.3. The molecule has 0 radical (unpaired) electrons. The molecule has 1 aliphatic rings. The van der Waals surface area contributed by atoms with E-state index < -0.39 is 24.1 Å². The topological polar surface area (TPSA) is 83.8 Å². The molecule has 0 saturated carbocycles. The summed E-state index contributed by atoms with van der Waals surface area (Å²) in [4.78, 5) is 22.9. The van der Waals surface area contributed by atoms with Crippen molar-refractivity contribution in [3.63, 3.8) is 0 Å². The van der Waals surface area contributed by atoms with Gasteiger partial charge in [-0.1, -0.05) is 28.1 Å². The van der Waals surface area contributed by atoms with E-state index in [9.17, 15) is 19.8 Å². The van der Waals surface area contributed by atoms with Crippen LogP contribution in [-0.2, 0) is 4.74 Å². The zero-order valence-corrected chi connectivity index (χ0v) is 10.9. The quantitative estimate of drug-likeness (QED) is 0.495. The van der Waals surface area contributed by atoms with Gasteiger partial charge < -0.3 is 14.9 Å². The fourth-order valence-electron chi connectivity index (χ4n) is 1.88. The predicted octanol–water partition coefficient (Wildman–Crippen LogP) is 1.18. The predicted molar refractivity (Wildman–Crippen MR) is 65.6 cm³/mol. The van der Waals surface area contributed by atoms with Crippen LogP contribution in [0.15, 0.2) is 18.2 Å². The monoisotopic (exact) mass is 314 g/mol. The van der Waals surface area contributed by atoms with Crippen molar-refractivity contribution < 1.29 is 24.5 Å². The number of hydrogen-bond acceptors (Lipinski definition) is 5. The maximum atomic E-state index is 11.5. The zero-order chi connectivity index (χ0) is 13.3. The number of ether oxygens (including phenoxy) is 1. The van der Waals surface area contributed by atoms with Gasteiger partial charge >= 0.3 is 11.9 Å². The summed E-state index contributed by atoms with van der Waals surface area (Å²) in [6.45, 7) is 0. The number of fused-ring (bicyclic) bond motifs is 1. The Morgan fingerprint density at radius 2 is 1.94 bits per heavy atom. The fourth-order valence-corrected chi connectivity index (χ4v) is 2.35. The summed E-state index contributed by atoms with van der Waals surface area (Å²) in [6.07, 6.45) is -1.91. The maximum Gasteiger partial charge on any atom is 0.347 e. The van der Waals surface area contributed by atoms with E-state index in [1.807, 2.05) is 0 Å². The Morgan fingerprint density at radius 1 is 1.22 bits per heavy atom. The van der Waals surface area contributed by atoms with Gasteiger partial charge in [0.2, 0.25) is 0 Å². The van der Waals surface area contributed by atoms with E-state index in [-0.39, 0.29) is 16.7 Å². The second-order valence-electron chi connectivity index (χ2n) is 3.94. The molecule has 0 saturated heterocycles. The van der Waals surface area contributed by atoms with Crippen molar-refractivity contribution in [2.24, 2.45) is 0 Å². The largest absolute Gasteiger partial charge is 0.390 e. The van der Waals surface area contributed by atoms with Crippen LogP contribution in [0, 0.1) is 0 Å². The standard InChI is InChI=1S/C12H11BrO5/c13-5-4-8(14)10(15)6-2-1-3-7-9(6)12(17)18-11(7)16/h1-3,8,10,14-15H,4-5H2. The highest BCUT2D eigenvalue weighted by atomic mass is 79.9. The number of alkyl halides is 1. The van der Waals surface area contributed by atoms with E-state index in [2.05, 4.69) is 20.7 Å². The summed E-state index contributed by atoms with van der Waals surface area (Å²) in [7, 11) is 0. The Morgan fingerprint density at radius 3 is 2.61 bits per heavy atom. The van der Waals surface area contributed by atoms with Gasteiger partial charge in [-0.15, -0.1) is 0 Å². The van der Waals surface area contributed by atoms with Gasteiger partial charge in [-0.25, -0.2) is 9.59 Å². The molecule has 96 valence electrons. The Labute approximate surface area is 112 Å². The van der Waals surface area contributed by atoms with Crippen LogP contribution in [0.4, 0.5) is 0 Å². The number of carbonyl (C=O) groups excluding carboxylic acids is 2. The minimum Gasteiger partial charge on any atom is -0.390 e. The maximum absolute atomic E-state index is 11.5. The van der Waals surface area contributed by atoms with Gasteiger partial charge in [-0.3, -0.25) is 0 Å². The molecular weight excluding hydrogens is 304 g/mol. The first-order chi connectivity index (χ1) is 8.56. The third kappa shape index (κ3) is 2.19. The average molecular weight is 315 g/mol. The van der Waals surface area contributed by atoms with E-state index in [0.29, 0.717) is 11.8 Å². The molecule has 1 heterocycles. The number of hydrogen-bond donors (Lipinski definition) is 2. The smallest absolute Gasteiger partial charge is 0.347 e. The van der Waals surface area contributed by atoms with Gasteiger partial charge in [-0.2, -0.15) is 0 Å². The Hall–Kier alpha value is -1.24. The minimum absolute atomic E-state index is 0.0450. The Kier molecular flexibility index (Phi) is 3.79. The molecule has 6 heteroatoms. The molecule has 2 atom stereocenters. The van der Waals surface area contributed by atoms with Crippen LogP contribution >= 0.6 is 15.9 Å². The highest BCUT2D eigenvalue weighted by Gasteiger charge is 2.35. The van der Waals surface area contributed by atoms with Gasteiger partial charge in [-0.05, 0) is 18.1 Å². The first-order valence-electron chi connectivity index (χ1n) is 5.37. The molecule has 0 aliphatic carbocycles. The molecule has 0 aromatic heterocycles. The summed E-state index contributed by atoms with van der Waals surface area (Å²) < 4.78 is 4.48. The number of carbonyl (C=O) groups is 2. The molecule has 1 aromatic carbocycles. The van der Waals surface area contributed by atoms with Crippen LogP contribution in [0.5, 0.6) is 0 Å². The molecule has 2 unspecified atom stereocenters. The first kappa shape index (κ1) is 13.2. The number of cyclic esters (lactones) is 2. The Bertz CT molecular complexity index is 499. The van der Waals surface area contributed by atoms with Gasteiger partial charge in [0.1, 0.15) is 6.10 Å². The SMILES string of the molecule is O=C1OC(=O)c2c1cccc2C(O)C(O)CCBr. The van der Waals surface area contributed by atoms with Crippen LogP contribution in [0.2, 0.25) is 0 Å². The van der Waals surface area contributed by atoms with Crippen molar-refractivity contribution in [1.29, 1.82) is 0 Å². The van der Waals surface area contributed by atoms with E-state index in [4.69, 9.17) is 0 Å². The van der Waals surface area contributed by atoms with Gasteiger partial charge in [0.25, 0.3) is 0 Å². The third-order valence-corrected chi connectivity index (χ3v) is 3.25. The Balaban J connectivity index is 2.41. The number of benzene rings is 1. The highest BCUT2D eigenvalue weighted by molar-refractivity contribution is 9.09. The summed E-state index contributed by atoms with van der Waals surface area (Å²) in [5.74, 6) is -1.50. The molecule has 5 nitrogen and oxygen atoms in total. The second kappa shape index (κ2) is 5.17. The van der Waals surface area contributed by atoms with Gasteiger partial charge in [0.05, 0.1) is 17.2 Å². The molecule has 0 amide bonds. The average Bonchev–Trinajstić information content (AvgIpc) is 2.65. The van der Waals surface area contributed by atoms with Crippen molar-refractivity contribution >= 4 is 27.9 Å². The van der Waals surface area contributed by atoms with Crippen molar-refractivity contribution in [2.45, 2.75) is 18.6 Å². The molecule has 18 heavy (non-hydrogen) atoms. The lowest BCUT2D eigenvalue weighted by Crippen LogP contribution is -2.20. The number of halogens is 1. The van der Waals surface area contributed by atoms with E-state index >= 15 is 0 Å². The molecule has 0 fully saturated rings. The first-order valence-corrected chi connectivity index (χ1v) is 6.50. The summed E-state index contributed by atoms with van der Waals surface area (Å²) in [5, 5.41) is 20.3. The number of aliphatic hydroxyl groups excluding tert-OH is 2. The lowest BCUT2D eigenvalue weighted by atomic mass is 9.95. The molecule has 2 N–H and O–H groups in total. The van der Waals surface area contributed by atoms with E-state index in [1.54, 1.807) is 0 Å². The molecule has 2 rings (SSSR count). The van der Waals surface area contributed by atoms with Crippen LogP contribution < -0.4 is 0 Å². The summed E-state index contributed by atoms with van der Waals surface area (Å²) in [5.41, 5.74) is 0.392. The van der Waals surface area contributed by atoms with Crippen LogP contribution in [0.25, 0.3) is 0 Å². The minimum atomic E-state index is -1.23. The van der Waals surface area contributed by atoms with Gasteiger partial charge in [0, 0.05) is 5.33 Å². The van der Waals surface area contributed by atoms with E-state index in [1.165, 1.54) is 18.2 Å². The number of aliphatic hydroxyl groups is 2. The van der Waals surface area contributed by atoms with Gasteiger partial charge in [0.15, 0.2) is 0 Å². The van der Waals surface area contributed by atoms with Crippen LogP contribution in [0.1, 0.15) is 38.8 Å². The van der Waals surface area contributed by atoms with E-state index in [0.717, 1.165) is 0 Å². The molecule has 1 aliphatic heterocycles. The summed E-state index contributed by atoms with van der Waals surface area (Å²) >= 11 is 3.16. The zero-order valence-electron chi connectivity index (χ0n) is 9.30.